The van der Waals surface area contributed by atoms with Crippen molar-refractivity contribution in [2.75, 3.05) is 23.7 Å². The average molecular weight is 426 g/mol. The summed E-state index contributed by atoms with van der Waals surface area (Å²) in [7, 11) is 0. The van der Waals surface area contributed by atoms with E-state index in [0.29, 0.717) is 12.1 Å². The van der Waals surface area contributed by atoms with Gasteiger partial charge in [-0.2, -0.15) is 0 Å². The molecule has 3 aromatic rings. The molecule has 4 rings (SSSR count). The Morgan fingerprint density at radius 3 is 2.80 bits per heavy atom. The summed E-state index contributed by atoms with van der Waals surface area (Å²) in [5.74, 6) is 1.69. The Morgan fingerprint density at radius 2 is 2.07 bits per heavy atom. The van der Waals surface area contributed by atoms with Gasteiger partial charge in [-0.25, -0.2) is 15.0 Å². The van der Waals surface area contributed by atoms with Gasteiger partial charge in [0.25, 0.3) is 0 Å². The van der Waals surface area contributed by atoms with E-state index in [4.69, 9.17) is 4.98 Å². The first-order valence-corrected chi connectivity index (χ1v) is 11.4. The Balaban J connectivity index is 1.55. The molecule has 2 atom stereocenters. The Hall–Kier alpha value is -2.29. The van der Waals surface area contributed by atoms with Crippen LogP contribution in [0.4, 0.5) is 16.8 Å². The van der Waals surface area contributed by atoms with Crippen LogP contribution in [0.2, 0.25) is 0 Å². The molecule has 1 saturated heterocycles. The summed E-state index contributed by atoms with van der Waals surface area (Å²) in [6.07, 6.45) is 2.90. The van der Waals surface area contributed by atoms with Crippen molar-refractivity contribution >= 4 is 38.5 Å². The Labute approximate surface area is 182 Å². The average Bonchev–Trinajstić information content (AvgIpc) is 3.34. The molecule has 0 unspecified atom stereocenters. The van der Waals surface area contributed by atoms with Crippen LogP contribution < -0.4 is 21.3 Å². The van der Waals surface area contributed by atoms with Crippen LogP contribution in [0.3, 0.4) is 0 Å². The molecule has 0 aliphatic carbocycles. The highest BCUT2D eigenvalue weighted by Crippen LogP contribution is 2.27. The topological polar surface area (TPSA) is 86.8 Å². The van der Waals surface area contributed by atoms with E-state index in [2.05, 4.69) is 71.1 Å². The number of hydrogen-bond acceptors (Lipinski definition) is 8. The molecule has 4 heterocycles. The van der Waals surface area contributed by atoms with Crippen molar-refractivity contribution in [2.45, 2.75) is 52.7 Å². The zero-order valence-corrected chi connectivity index (χ0v) is 18.9. The standard InChI is InChI=1S/C22H31N7S/c1-14(22(2,3)4)25-12-15-10-18(26-16-7-9-23-13-16)28-19(11-15)29-21-27-17-6-5-8-24-20(17)30-21/h5-6,8,10-11,14,16,23,25H,7,9,12-13H2,1-4H3,(H2,26,27,28,29)/t14-,16-/m0/s1. The fourth-order valence-corrected chi connectivity index (χ4v) is 4.14. The molecule has 8 heteroatoms. The van der Waals surface area contributed by atoms with Gasteiger partial charge in [0.2, 0.25) is 0 Å². The Kier molecular flexibility index (Phi) is 6.17. The van der Waals surface area contributed by atoms with E-state index in [1.165, 1.54) is 16.9 Å². The Bertz CT molecular complexity index is 956. The van der Waals surface area contributed by atoms with Gasteiger partial charge in [0.1, 0.15) is 22.0 Å². The van der Waals surface area contributed by atoms with Gasteiger partial charge >= 0.3 is 0 Å². The van der Waals surface area contributed by atoms with Crippen LogP contribution in [0.15, 0.2) is 30.5 Å². The third-order valence-electron chi connectivity index (χ3n) is 5.61. The number of anilines is 3. The molecule has 1 aliphatic rings. The summed E-state index contributed by atoms with van der Waals surface area (Å²) in [6.45, 7) is 11.8. The van der Waals surface area contributed by atoms with Crippen LogP contribution in [0, 0.1) is 5.41 Å². The minimum absolute atomic E-state index is 0.207. The maximum absolute atomic E-state index is 4.81. The number of aromatic nitrogens is 3. The van der Waals surface area contributed by atoms with Crippen LogP contribution in [-0.4, -0.2) is 40.1 Å². The molecule has 0 saturated carbocycles. The molecule has 0 aromatic carbocycles. The lowest BCUT2D eigenvalue weighted by Crippen LogP contribution is -2.37. The maximum atomic E-state index is 4.81. The highest BCUT2D eigenvalue weighted by atomic mass is 32.1. The van der Waals surface area contributed by atoms with E-state index >= 15 is 0 Å². The molecule has 0 amide bonds. The number of thiazole rings is 1. The Morgan fingerprint density at radius 1 is 1.23 bits per heavy atom. The molecule has 3 aromatic heterocycles. The van der Waals surface area contributed by atoms with E-state index in [9.17, 15) is 0 Å². The predicted octanol–water partition coefficient (Wildman–Crippen LogP) is 4.13. The van der Waals surface area contributed by atoms with Gasteiger partial charge in [-0.05, 0) is 55.1 Å². The molecule has 0 radical (unpaired) electrons. The second kappa shape index (κ2) is 8.83. The van der Waals surface area contributed by atoms with Crippen LogP contribution in [0.1, 0.15) is 39.7 Å². The summed E-state index contributed by atoms with van der Waals surface area (Å²) in [5, 5.41) is 14.8. The van der Waals surface area contributed by atoms with E-state index in [-0.39, 0.29) is 5.41 Å². The first kappa shape index (κ1) is 21.0. The van der Waals surface area contributed by atoms with Crippen LogP contribution in [0.5, 0.6) is 0 Å². The quantitative estimate of drug-likeness (QED) is 0.453. The molecule has 4 N–H and O–H groups in total. The van der Waals surface area contributed by atoms with Crippen molar-refractivity contribution < 1.29 is 0 Å². The summed E-state index contributed by atoms with van der Waals surface area (Å²) in [4.78, 5) is 14.8. The predicted molar refractivity (Wildman–Crippen MR) is 126 cm³/mol. The number of rotatable bonds is 7. The zero-order chi connectivity index (χ0) is 21.1. The molecule has 1 fully saturated rings. The minimum Gasteiger partial charge on any atom is -0.366 e. The SMILES string of the molecule is C[C@H](NCc1cc(Nc2nc3cccnc3s2)nc(N[C@H]2CCNC2)c1)C(C)(C)C. The number of pyridine rings is 2. The fraction of sp³-hybridized carbons (Fsp3) is 0.500. The van der Waals surface area contributed by atoms with Crippen molar-refractivity contribution in [3.8, 4) is 0 Å². The van der Waals surface area contributed by atoms with E-state index in [1.54, 1.807) is 6.20 Å². The summed E-state index contributed by atoms with van der Waals surface area (Å²) >= 11 is 1.54. The molecular formula is C22H31N7S. The summed E-state index contributed by atoms with van der Waals surface area (Å²) in [5.41, 5.74) is 2.30. The summed E-state index contributed by atoms with van der Waals surface area (Å²) < 4.78 is 0. The number of fused-ring (bicyclic) bond motifs is 1. The third-order valence-corrected chi connectivity index (χ3v) is 6.50. The largest absolute Gasteiger partial charge is 0.366 e. The second-order valence-corrected chi connectivity index (χ2v) is 10.00. The van der Waals surface area contributed by atoms with Gasteiger partial charge in [-0.1, -0.05) is 32.1 Å². The zero-order valence-electron chi connectivity index (χ0n) is 18.1. The second-order valence-electron chi connectivity index (χ2n) is 9.02. The van der Waals surface area contributed by atoms with Gasteiger partial charge in [-0.15, -0.1) is 0 Å². The minimum atomic E-state index is 0.207. The summed E-state index contributed by atoms with van der Waals surface area (Å²) in [6, 6.07) is 8.93. The van der Waals surface area contributed by atoms with E-state index < -0.39 is 0 Å². The fourth-order valence-electron chi connectivity index (χ4n) is 3.32. The number of nitrogens with zero attached hydrogens (tertiary/aromatic N) is 3. The van der Waals surface area contributed by atoms with E-state index in [1.807, 2.05) is 12.1 Å². The lowest BCUT2D eigenvalue weighted by Gasteiger charge is -2.28. The van der Waals surface area contributed by atoms with Crippen molar-refractivity contribution in [2.24, 2.45) is 5.41 Å². The van der Waals surface area contributed by atoms with Crippen LogP contribution in [0.25, 0.3) is 10.3 Å². The molecule has 0 spiro atoms. The number of hydrogen-bond donors (Lipinski definition) is 4. The van der Waals surface area contributed by atoms with Crippen molar-refractivity contribution in [3.63, 3.8) is 0 Å². The molecular weight excluding hydrogens is 394 g/mol. The first-order chi connectivity index (χ1) is 14.4. The number of nitrogens with one attached hydrogen (secondary N) is 4. The monoisotopic (exact) mass is 425 g/mol. The van der Waals surface area contributed by atoms with Crippen molar-refractivity contribution in [3.05, 3.63) is 36.0 Å². The molecule has 1 aliphatic heterocycles. The van der Waals surface area contributed by atoms with Crippen LogP contribution >= 0.6 is 11.3 Å². The lowest BCUT2D eigenvalue weighted by molar-refractivity contribution is 0.285. The molecule has 160 valence electrons. The smallest absolute Gasteiger partial charge is 0.190 e. The van der Waals surface area contributed by atoms with Gasteiger partial charge in [-0.3, -0.25) is 0 Å². The molecule has 7 nitrogen and oxygen atoms in total. The normalized spacial score (nSPS) is 17.9. The highest BCUT2D eigenvalue weighted by molar-refractivity contribution is 7.21. The third kappa shape index (κ3) is 5.24. The van der Waals surface area contributed by atoms with Gasteiger partial charge in [0.05, 0.1) is 0 Å². The van der Waals surface area contributed by atoms with Gasteiger partial charge in [0.15, 0.2) is 5.13 Å². The van der Waals surface area contributed by atoms with Crippen LogP contribution in [-0.2, 0) is 6.54 Å². The molecule has 30 heavy (non-hydrogen) atoms. The van der Waals surface area contributed by atoms with Crippen molar-refractivity contribution in [1.82, 2.24) is 25.6 Å². The maximum Gasteiger partial charge on any atom is 0.190 e. The highest BCUT2D eigenvalue weighted by Gasteiger charge is 2.20. The van der Waals surface area contributed by atoms with E-state index in [0.717, 1.165) is 53.2 Å². The van der Waals surface area contributed by atoms with Gasteiger partial charge < -0.3 is 21.3 Å². The van der Waals surface area contributed by atoms with Crippen molar-refractivity contribution in [1.29, 1.82) is 0 Å². The lowest BCUT2D eigenvalue weighted by atomic mass is 9.88. The van der Waals surface area contributed by atoms with Gasteiger partial charge in [0, 0.05) is 31.4 Å². The first-order valence-electron chi connectivity index (χ1n) is 10.6. The molecule has 0 bridgehead atoms.